The van der Waals surface area contributed by atoms with Gasteiger partial charge in [-0.3, -0.25) is 9.20 Å². The highest BCUT2D eigenvalue weighted by atomic mass is 35.5. The summed E-state index contributed by atoms with van der Waals surface area (Å²) in [6.45, 7) is 3.01. The van der Waals surface area contributed by atoms with Crippen LogP contribution >= 0.6 is 11.6 Å². The van der Waals surface area contributed by atoms with Crippen LogP contribution in [0.15, 0.2) is 29.2 Å². The number of alkyl halides is 4. The number of hydrogen-bond donors (Lipinski definition) is 2. The summed E-state index contributed by atoms with van der Waals surface area (Å²) < 4.78 is 60.5. The molecule has 3 heterocycles. The van der Waals surface area contributed by atoms with Crippen molar-refractivity contribution in [2.45, 2.75) is 39.2 Å². The van der Waals surface area contributed by atoms with E-state index in [0.29, 0.717) is 6.20 Å². The second-order valence-corrected chi connectivity index (χ2v) is 8.38. The van der Waals surface area contributed by atoms with Crippen LogP contribution in [0.25, 0.3) is 5.65 Å². The fraction of sp³-hybridized carbons (Fsp3) is 0.333. The highest BCUT2D eigenvalue weighted by molar-refractivity contribution is 6.29. The van der Waals surface area contributed by atoms with Crippen LogP contribution in [0.3, 0.4) is 0 Å². The number of hydrogen-bond acceptors (Lipinski definition) is 6. The van der Waals surface area contributed by atoms with Gasteiger partial charge in [0.2, 0.25) is 5.88 Å². The number of rotatable bonds is 7. The quantitative estimate of drug-likeness (QED) is 0.362. The maximum Gasteiger partial charge on any atom is 0.417 e. The lowest BCUT2D eigenvalue weighted by molar-refractivity contribution is -0.137. The molecular weight excluding hydrogens is 484 g/mol. The van der Waals surface area contributed by atoms with Crippen molar-refractivity contribution in [3.8, 4) is 5.88 Å². The molecular formula is C21H19ClF4N4O4. The van der Waals surface area contributed by atoms with Crippen LogP contribution < -0.4 is 15.6 Å². The Kier molecular flexibility index (Phi) is 6.74. The van der Waals surface area contributed by atoms with Gasteiger partial charge >= 0.3 is 12.1 Å². The fourth-order valence-electron chi connectivity index (χ4n) is 2.97. The molecule has 13 heteroatoms. The summed E-state index contributed by atoms with van der Waals surface area (Å²) in [6.07, 6.45) is -4.17. The third kappa shape index (κ3) is 5.56. The number of nitrogens with one attached hydrogen (secondary N) is 1. The topological polar surface area (TPSA) is 106 Å². The lowest BCUT2D eigenvalue weighted by atomic mass is 10.1. The third-order valence-corrected chi connectivity index (χ3v) is 4.80. The van der Waals surface area contributed by atoms with Gasteiger partial charge in [-0.2, -0.15) is 18.2 Å². The third-order valence-electron chi connectivity index (χ3n) is 4.59. The highest BCUT2D eigenvalue weighted by Crippen LogP contribution is 2.31. The Morgan fingerprint density at radius 2 is 1.91 bits per heavy atom. The number of fused-ring (bicyclic) bond motifs is 1. The van der Waals surface area contributed by atoms with E-state index in [9.17, 15) is 32.3 Å². The van der Waals surface area contributed by atoms with Gasteiger partial charge in [0.25, 0.3) is 5.56 Å². The highest BCUT2D eigenvalue weighted by Gasteiger charge is 2.32. The Hall–Kier alpha value is -3.41. The standard InChI is InChI=1S/C21H19ClF4N4O4/c1-10-17(34-9-20(2,3)23)29-16-11(6-12(21(24,25)26)8-30(16)18(10)31)7-27-13-4-5-14(22)28-15(13)19(32)33/h4-6,8,27H,7,9H2,1-3H3,(H,32,33). The molecule has 0 saturated heterocycles. The average molecular weight is 503 g/mol. The Labute approximate surface area is 195 Å². The van der Waals surface area contributed by atoms with Crippen molar-refractivity contribution in [2.24, 2.45) is 0 Å². The van der Waals surface area contributed by atoms with Crippen molar-refractivity contribution in [1.29, 1.82) is 0 Å². The summed E-state index contributed by atoms with van der Waals surface area (Å²) in [4.78, 5) is 32.1. The molecule has 0 atom stereocenters. The SMILES string of the molecule is Cc1c(OCC(C)(C)F)nc2c(CNc3ccc(Cl)nc3C(=O)O)cc(C(F)(F)F)cn2c1=O. The first-order valence-corrected chi connectivity index (χ1v) is 10.1. The normalized spacial score (nSPS) is 12.1. The summed E-state index contributed by atoms with van der Waals surface area (Å²) >= 11 is 5.72. The Bertz CT molecular complexity index is 1320. The van der Waals surface area contributed by atoms with Gasteiger partial charge in [0, 0.05) is 18.3 Å². The number of carboxylic acids is 1. The molecule has 3 aromatic heterocycles. The van der Waals surface area contributed by atoms with Gasteiger partial charge in [-0.15, -0.1) is 0 Å². The molecule has 2 N–H and O–H groups in total. The van der Waals surface area contributed by atoms with Gasteiger partial charge in [0.05, 0.1) is 16.8 Å². The summed E-state index contributed by atoms with van der Waals surface area (Å²) in [5, 5.41) is 11.9. The Morgan fingerprint density at radius 1 is 1.24 bits per heavy atom. The number of halogens is 5. The number of carboxylic acid groups (broad SMARTS) is 1. The van der Waals surface area contributed by atoms with Crippen molar-refractivity contribution in [1.82, 2.24) is 14.4 Å². The second-order valence-electron chi connectivity index (χ2n) is 7.99. The molecule has 3 rings (SSSR count). The van der Waals surface area contributed by atoms with Gasteiger partial charge < -0.3 is 15.2 Å². The minimum Gasteiger partial charge on any atom is -0.476 e. The van der Waals surface area contributed by atoms with Crippen LogP contribution in [-0.4, -0.2) is 37.7 Å². The molecule has 0 bridgehead atoms. The molecule has 0 aliphatic rings. The summed E-state index contributed by atoms with van der Waals surface area (Å²) in [6, 6.07) is 3.38. The number of pyridine rings is 2. The molecule has 0 fully saturated rings. The zero-order valence-corrected chi connectivity index (χ0v) is 18.9. The Morgan fingerprint density at radius 3 is 2.50 bits per heavy atom. The van der Waals surface area contributed by atoms with Crippen molar-refractivity contribution in [2.75, 3.05) is 11.9 Å². The Balaban J connectivity index is 2.14. The number of aromatic carboxylic acids is 1. The first-order chi connectivity index (χ1) is 15.7. The van der Waals surface area contributed by atoms with Crippen molar-refractivity contribution < 1.29 is 32.2 Å². The predicted molar refractivity (Wildman–Crippen MR) is 115 cm³/mol. The van der Waals surface area contributed by atoms with Crippen LogP contribution in [0.4, 0.5) is 23.2 Å². The minimum absolute atomic E-state index is 0.0161. The number of anilines is 1. The van der Waals surface area contributed by atoms with Crippen molar-refractivity contribution in [3.05, 3.63) is 62.3 Å². The van der Waals surface area contributed by atoms with Crippen molar-refractivity contribution in [3.63, 3.8) is 0 Å². The van der Waals surface area contributed by atoms with Gasteiger partial charge in [-0.25, -0.2) is 14.2 Å². The minimum atomic E-state index is -4.78. The molecule has 0 aromatic carbocycles. The predicted octanol–water partition coefficient (Wildman–Crippen LogP) is 4.51. The summed E-state index contributed by atoms with van der Waals surface area (Å²) in [5.74, 6) is -1.63. The number of aromatic nitrogens is 3. The molecule has 182 valence electrons. The lowest BCUT2D eigenvalue weighted by Crippen LogP contribution is -2.26. The molecule has 0 aliphatic heterocycles. The smallest absolute Gasteiger partial charge is 0.417 e. The van der Waals surface area contributed by atoms with E-state index in [4.69, 9.17) is 16.3 Å². The van der Waals surface area contributed by atoms with Gasteiger partial charge in [-0.05, 0) is 39.0 Å². The van der Waals surface area contributed by atoms with E-state index in [-0.39, 0.29) is 40.0 Å². The molecule has 0 aliphatic carbocycles. The summed E-state index contributed by atoms with van der Waals surface area (Å²) in [7, 11) is 0. The van der Waals surface area contributed by atoms with E-state index in [1.54, 1.807) is 0 Å². The van der Waals surface area contributed by atoms with E-state index >= 15 is 0 Å². The second kappa shape index (κ2) is 9.09. The van der Waals surface area contributed by atoms with E-state index < -0.39 is 41.2 Å². The fourth-order valence-corrected chi connectivity index (χ4v) is 3.12. The van der Waals surface area contributed by atoms with Crippen LogP contribution in [0.5, 0.6) is 5.88 Å². The van der Waals surface area contributed by atoms with E-state index in [1.165, 1.54) is 32.9 Å². The summed E-state index contributed by atoms with van der Waals surface area (Å²) in [5.41, 5.74) is -4.54. The average Bonchev–Trinajstić information content (AvgIpc) is 2.72. The first kappa shape index (κ1) is 25.2. The molecule has 0 unspecified atom stereocenters. The molecule has 34 heavy (non-hydrogen) atoms. The molecule has 0 saturated carbocycles. The zero-order valence-electron chi connectivity index (χ0n) is 18.1. The van der Waals surface area contributed by atoms with E-state index in [2.05, 4.69) is 15.3 Å². The molecule has 8 nitrogen and oxygen atoms in total. The van der Waals surface area contributed by atoms with E-state index in [1.807, 2.05) is 0 Å². The zero-order chi connectivity index (χ0) is 25.4. The number of carbonyl (C=O) groups is 1. The molecule has 0 spiro atoms. The number of ether oxygens (including phenoxy) is 1. The number of nitrogens with zero attached hydrogens (tertiary/aromatic N) is 3. The van der Waals surface area contributed by atoms with Crippen LogP contribution in [0.2, 0.25) is 5.15 Å². The van der Waals surface area contributed by atoms with Gasteiger partial charge in [-0.1, -0.05) is 11.6 Å². The lowest BCUT2D eigenvalue weighted by Gasteiger charge is -2.18. The van der Waals surface area contributed by atoms with Crippen LogP contribution in [0.1, 0.15) is 41.0 Å². The van der Waals surface area contributed by atoms with Gasteiger partial charge in [0.15, 0.2) is 5.69 Å². The molecule has 3 aromatic rings. The first-order valence-electron chi connectivity index (χ1n) is 9.76. The maximum absolute atomic E-state index is 13.9. The van der Waals surface area contributed by atoms with Crippen molar-refractivity contribution >= 4 is 28.9 Å². The van der Waals surface area contributed by atoms with Crippen LogP contribution in [0, 0.1) is 6.92 Å². The maximum atomic E-state index is 13.9. The van der Waals surface area contributed by atoms with Gasteiger partial charge in [0.1, 0.15) is 23.1 Å². The van der Waals surface area contributed by atoms with E-state index in [0.717, 1.165) is 10.5 Å². The van der Waals surface area contributed by atoms with Crippen LogP contribution in [-0.2, 0) is 12.7 Å². The monoisotopic (exact) mass is 502 g/mol. The molecule has 0 radical (unpaired) electrons. The molecule has 0 amide bonds. The largest absolute Gasteiger partial charge is 0.476 e.